The summed E-state index contributed by atoms with van der Waals surface area (Å²) in [5.41, 5.74) is 11.2. The minimum absolute atomic E-state index is 0.0913. The summed E-state index contributed by atoms with van der Waals surface area (Å²) in [6.45, 7) is 1.69. The fourth-order valence-electron chi connectivity index (χ4n) is 1.22. The van der Waals surface area contributed by atoms with Gasteiger partial charge in [0.2, 0.25) is 5.91 Å². The summed E-state index contributed by atoms with van der Waals surface area (Å²) in [5.74, 6) is -0.839. The number of primary amides is 1. The highest BCUT2D eigenvalue weighted by Gasteiger charge is 2.12. The molecule has 0 aromatic carbocycles. The average molecular weight is 222 g/mol. The third-order valence-corrected chi connectivity index (χ3v) is 1.90. The molecule has 1 aromatic heterocycles. The zero-order valence-corrected chi connectivity index (χ0v) is 8.93. The van der Waals surface area contributed by atoms with Crippen molar-refractivity contribution in [2.75, 3.05) is 5.73 Å². The Hall–Kier alpha value is -2.11. The van der Waals surface area contributed by atoms with Crippen molar-refractivity contribution in [2.24, 2.45) is 5.73 Å². The first-order valence-electron chi connectivity index (χ1n) is 4.79. The van der Waals surface area contributed by atoms with Gasteiger partial charge in [-0.3, -0.25) is 14.6 Å². The molecule has 1 heterocycles. The van der Waals surface area contributed by atoms with Gasteiger partial charge < -0.3 is 16.8 Å². The van der Waals surface area contributed by atoms with Crippen LogP contribution in [0.1, 0.15) is 23.8 Å². The molecule has 86 valence electrons. The number of pyridine rings is 1. The molecule has 0 aliphatic carbocycles. The molecule has 1 aromatic rings. The van der Waals surface area contributed by atoms with Crippen molar-refractivity contribution in [3.63, 3.8) is 0 Å². The second kappa shape index (κ2) is 5.11. The fourth-order valence-corrected chi connectivity index (χ4v) is 1.22. The molecule has 0 spiro atoms. The van der Waals surface area contributed by atoms with Gasteiger partial charge in [0, 0.05) is 24.3 Å². The van der Waals surface area contributed by atoms with Crippen molar-refractivity contribution in [3.05, 3.63) is 24.0 Å². The van der Waals surface area contributed by atoms with Gasteiger partial charge in [-0.15, -0.1) is 0 Å². The third kappa shape index (κ3) is 3.56. The van der Waals surface area contributed by atoms with Crippen LogP contribution in [0.25, 0.3) is 0 Å². The van der Waals surface area contributed by atoms with E-state index in [1.165, 1.54) is 12.3 Å². The van der Waals surface area contributed by atoms with Crippen molar-refractivity contribution >= 4 is 17.5 Å². The Kier molecular flexibility index (Phi) is 3.82. The van der Waals surface area contributed by atoms with E-state index >= 15 is 0 Å². The van der Waals surface area contributed by atoms with Gasteiger partial charge in [0.1, 0.15) is 5.69 Å². The smallest absolute Gasteiger partial charge is 0.270 e. The Labute approximate surface area is 93.0 Å². The number of nitrogens with zero attached hydrogens (tertiary/aromatic N) is 1. The van der Waals surface area contributed by atoms with Crippen LogP contribution in [-0.2, 0) is 4.79 Å². The predicted molar refractivity (Wildman–Crippen MR) is 59.4 cm³/mol. The second-order valence-corrected chi connectivity index (χ2v) is 3.52. The Bertz CT molecular complexity index is 406. The maximum absolute atomic E-state index is 11.6. The van der Waals surface area contributed by atoms with Crippen LogP contribution in [0.2, 0.25) is 0 Å². The van der Waals surface area contributed by atoms with E-state index < -0.39 is 5.91 Å². The molecule has 2 amide bonds. The molecular formula is C10H14N4O2. The number of rotatable bonds is 4. The molecule has 5 N–H and O–H groups in total. The van der Waals surface area contributed by atoms with Crippen molar-refractivity contribution in [2.45, 2.75) is 19.4 Å². The lowest BCUT2D eigenvalue weighted by molar-refractivity contribution is -0.118. The largest absolute Gasteiger partial charge is 0.399 e. The third-order valence-electron chi connectivity index (χ3n) is 1.90. The van der Waals surface area contributed by atoms with Crippen LogP contribution >= 0.6 is 0 Å². The number of aromatic nitrogens is 1. The first-order valence-corrected chi connectivity index (χ1v) is 4.79. The van der Waals surface area contributed by atoms with Crippen molar-refractivity contribution < 1.29 is 9.59 Å². The van der Waals surface area contributed by atoms with Crippen LogP contribution in [0.15, 0.2) is 18.3 Å². The molecule has 0 saturated heterocycles. The summed E-state index contributed by atoms with van der Waals surface area (Å²) < 4.78 is 0. The Morgan fingerprint density at radius 2 is 2.25 bits per heavy atom. The fraction of sp³-hybridized carbons (Fsp3) is 0.300. The lowest BCUT2D eigenvalue weighted by atomic mass is 10.2. The highest BCUT2D eigenvalue weighted by atomic mass is 16.2. The van der Waals surface area contributed by atoms with Crippen LogP contribution in [0, 0.1) is 0 Å². The van der Waals surface area contributed by atoms with Gasteiger partial charge in [-0.2, -0.15) is 0 Å². The number of hydrogen-bond acceptors (Lipinski definition) is 4. The van der Waals surface area contributed by atoms with Crippen molar-refractivity contribution in [3.8, 4) is 0 Å². The molecule has 0 aliphatic rings. The molecule has 16 heavy (non-hydrogen) atoms. The minimum atomic E-state index is -0.465. The molecule has 0 bridgehead atoms. The average Bonchev–Trinajstić information content (AvgIpc) is 2.16. The van der Waals surface area contributed by atoms with Crippen molar-refractivity contribution in [1.82, 2.24) is 10.3 Å². The molecule has 6 heteroatoms. The van der Waals surface area contributed by atoms with Crippen molar-refractivity contribution in [1.29, 1.82) is 0 Å². The van der Waals surface area contributed by atoms with Gasteiger partial charge >= 0.3 is 0 Å². The summed E-state index contributed by atoms with van der Waals surface area (Å²) in [6.07, 6.45) is 1.54. The monoisotopic (exact) mass is 222 g/mol. The Balaban J connectivity index is 2.62. The summed E-state index contributed by atoms with van der Waals surface area (Å²) in [5, 5.41) is 2.60. The van der Waals surface area contributed by atoms with Gasteiger partial charge in [0.15, 0.2) is 0 Å². The van der Waals surface area contributed by atoms with E-state index in [1.807, 2.05) is 0 Å². The molecule has 1 rings (SSSR count). The number of anilines is 1. The number of amides is 2. The van der Waals surface area contributed by atoms with Crippen LogP contribution in [0.4, 0.5) is 5.69 Å². The highest BCUT2D eigenvalue weighted by molar-refractivity contribution is 5.93. The maximum Gasteiger partial charge on any atom is 0.270 e. The van der Waals surface area contributed by atoms with Crippen LogP contribution < -0.4 is 16.8 Å². The molecule has 0 fully saturated rings. The number of carbonyl (C=O) groups excluding carboxylic acids is 2. The van der Waals surface area contributed by atoms with Gasteiger partial charge in [0.25, 0.3) is 5.91 Å². The quantitative estimate of drug-likeness (QED) is 0.646. The molecule has 6 nitrogen and oxygen atoms in total. The number of nitrogens with one attached hydrogen (secondary N) is 1. The second-order valence-electron chi connectivity index (χ2n) is 3.52. The first kappa shape index (κ1) is 12.0. The first-order chi connectivity index (χ1) is 7.49. The maximum atomic E-state index is 11.6. The summed E-state index contributed by atoms with van der Waals surface area (Å²) in [6, 6.07) is 2.73. The number of nitrogen functional groups attached to an aromatic ring is 1. The molecule has 0 aliphatic heterocycles. The molecule has 0 saturated carbocycles. The topological polar surface area (TPSA) is 111 Å². The van der Waals surface area contributed by atoms with Crippen LogP contribution in [0.3, 0.4) is 0 Å². The van der Waals surface area contributed by atoms with E-state index in [9.17, 15) is 9.59 Å². The molecular weight excluding hydrogens is 208 g/mol. The number of hydrogen-bond donors (Lipinski definition) is 3. The highest BCUT2D eigenvalue weighted by Crippen LogP contribution is 2.03. The summed E-state index contributed by atoms with van der Waals surface area (Å²) in [7, 11) is 0. The zero-order chi connectivity index (χ0) is 12.1. The zero-order valence-electron chi connectivity index (χ0n) is 8.93. The normalized spacial score (nSPS) is 11.8. The van der Waals surface area contributed by atoms with E-state index in [2.05, 4.69) is 10.3 Å². The molecule has 1 atom stereocenters. The minimum Gasteiger partial charge on any atom is -0.399 e. The molecule has 0 radical (unpaired) electrons. The van der Waals surface area contributed by atoms with E-state index in [0.29, 0.717) is 5.69 Å². The number of nitrogens with two attached hydrogens (primary N) is 2. The SMILES string of the molecule is CC(CC(N)=O)NC(=O)c1cc(N)ccn1. The van der Waals surface area contributed by atoms with E-state index in [-0.39, 0.29) is 24.1 Å². The van der Waals surface area contributed by atoms with E-state index in [4.69, 9.17) is 11.5 Å². The summed E-state index contributed by atoms with van der Waals surface area (Å²) in [4.78, 5) is 26.1. The van der Waals surface area contributed by atoms with Crippen LogP contribution in [-0.4, -0.2) is 22.8 Å². The van der Waals surface area contributed by atoms with Gasteiger partial charge in [-0.25, -0.2) is 0 Å². The van der Waals surface area contributed by atoms with E-state index in [1.54, 1.807) is 13.0 Å². The Morgan fingerprint density at radius 1 is 1.56 bits per heavy atom. The van der Waals surface area contributed by atoms with Crippen LogP contribution in [0.5, 0.6) is 0 Å². The van der Waals surface area contributed by atoms with E-state index in [0.717, 1.165) is 0 Å². The van der Waals surface area contributed by atoms with Gasteiger partial charge in [-0.1, -0.05) is 0 Å². The summed E-state index contributed by atoms with van der Waals surface area (Å²) >= 11 is 0. The van der Waals surface area contributed by atoms with Gasteiger partial charge in [0.05, 0.1) is 0 Å². The van der Waals surface area contributed by atoms with Gasteiger partial charge in [-0.05, 0) is 19.1 Å². The number of carbonyl (C=O) groups is 2. The Morgan fingerprint density at radius 3 is 2.81 bits per heavy atom. The predicted octanol–water partition coefficient (Wildman–Crippen LogP) is -0.342. The standard InChI is InChI=1S/C10H14N4O2/c1-6(4-9(12)15)14-10(16)8-5-7(11)2-3-13-8/h2-3,5-6H,4H2,1H3,(H2,11,13)(H2,12,15)(H,14,16). The lowest BCUT2D eigenvalue weighted by Gasteiger charge is -2.11. The molecule has 1 unspecified atom stereocenters. The lowest BCUT2D eigenvalue weighted by Crippen LogP contribution is -2.36.